The van der Waals surface area contributed by atoms with Gasteiger partial charge < -0.3 is 9.42 Å². The molecule has 0 saturated carbocycles. The summed E-state index contributed by atoms with van der Waals surface area (Å²) in [5.74, 6) is 0.945. The predicted octanol–water partition coefficient (Wildman–Crippen LogP) is 0.866. The lowest BCUT2D eigenvalue weighted by molar-refractivity contribution is -0.135. The zero-order valence-electron chi connectivity index (χ0n) is 14.2. The second kappa shape index (κ2) is 7.04. The number of likely N-dealkylation sites (tertiary alicyclic amines) is 1. The average molecular weight is 347 g/mol. The molecule has 0 spiro atoms. The van der Waals surface area contributed by atoms with Crippen molar-refractivity contribution in [1.82, 2.24) is 25.2 Å². The highest BCUT2D eigenvalue weighted by molar-refractivity contribution is 5.79. The number of hydrogen-bond donors (Lipinski definition) is 2. The Morgan fingerprint density at radius 2 is 2.16 bits per heavy atom. The Labute approximate surface area is 143 Å². The second-order valence-electron chi connectivity index (χ2n) is 6.53. The summed E-state index contributed by atoms with van der Waals surface area (Å²) in [5, 5.41) is 8.39. The van der Waals surface area contributed by atoms with Gasteiger partial charge in [0.2, 0.25) is 11.8 Å². The largest absolute Gasteiger partial charge is 0.337 e. The number of amides is 1. The van der Waals surface area contributed by atoms with E-state index in [1.54, 1.807) is 4.90 Å². The zero-order chi connectivity index (χ0) is 18.0. The molecular weight excluding hydrogens is 326 g/mol. The van der Waals surface area contributed by atoms with Crippen LogP contribution >= 0.6 is 0 Å². The van der Waals surface area contributed by atoms with Gasteiger partial charge in [0.15, 0.2) is 5.82 Å². The van der Waals surface area contributed by atoms with Crippen LogP contribution in [0.1, 0.15) is 62.3 Å². The van der Waals surface area contributed by atoms with E-state index in [-0.39, 0.29) is 29.9 Å². The van der Waals surface area contributed by atoms with Gasteiger partial charge in [-0.25, -0.2) is 0 Å². The molecule has 1 fully saturated rings. The lowest BCUT2D eigenvalue weighted by atomic mass is 10.0. The molecule has 1 atom stereocenters. The van der Waals surface area contributed by atoms with Gasteiger partial charge in [0.05, 0.1) is 6.42 Å². The summed E-state index contributed by atoms with van der Waals surface area (Å²) < 4.78 is 5.36. The molecule has 0 bridgehead atoms. The Morgan fingerprint density at radius 3 is 2.88 bits per heavy atom. The Hall–Kier alpha value is -2.71. The fourth-order valence-corrected chi connectivity index (χ4v) is 2.96. The molecule has 2 N–H and O–H groups in total. The summed E-state index contributed by atoms with van der Waals surface area (Å²) in [6.45, 7) is 4.50. The van der Waals surface area contributed by atoms with Crippen LogP contribution in [-0.2, 0) is 11.2 Å². The van der Waals surface area contributed by atoms with Crippen molar-refractivity contribution in [3.05, 3.63) is 44.1 Å². The molecule has 9 heteroatoms. The summed E-state index contributed by atoms with van der Waals surface area (Å²) in [4.78, 5) is 42.0. The van der Waals surface area contributed by atoms with Crippen molar-refractivity contribution in [3.63, 3.8) is 0 Å². The number of carbonyl (C=O) groups excluding carboxylic acids is 1. The van der Waals surface area contributed by atoms with E-state index >= 15 is 0 Å². The maximum atomic E-state index is 12.7. The summed E-state index contributed by atoms with van der Waals surface area (Å²) in [7, 11) is 0. The molecule has 0 unspecified atom stereocenters. The molecule has 3 heterocycles. The number of aromatic nitrogens is 4. The Balaban J connectivity index is 1.82. The molecule has 9 nitrogen and oxygen atoms in total. The van der Waals surface area contributed by atoms with Gasteiger partial charge in [-0.1, -0.05) is 19.0 Å². The first-order valence-corrected chi connectivity index (χ1v) is 8.39. The van der Waals surface area contributed by atoms with Gasteiger partial charge in [-0.3, -0.25) is 24.6 Å². The highest BCUT2D eigenvalue weighted by Gasteiger charge is 2.32. The molecule has 0 radical (unpaired) electrons. The van der Waals surface area contributed by atoms with E-state index in [0.29, 0.717) is 18.3 Å². The SMILES string of the molecule is CC(C)c1noc([C@H]2CCCCN2C(=O)Cc2cc(=O)[nH][nH]c2=O)n1. The number of rotatable bonds is 4. The molecular formula is C16H21N5O4. The van der Waals surface area contributed by atoms with E-state index in [4.69, 9.17) is 4.52 Å². The minimum Gasteiger partial charge on any atom is -0.337 e. The van der Waals surface area contributed by atoms with E-state index in [1.807, 2.05) is 13.8 Å². The first kappa shape index (κ1) is 17.1. The van der Waals surface area contributed by atoms with Crippen LogP contribution in [0.4, 0.5) is 0 Å². The van der Waals surface area contributed by atoms with Crippen molar-refractivity contribution >= 4 is 5.91 Å². The van der Waals surface area contributed by atoms with E-state index in [1.165, 1.54) is 0 Å². The van der Waals surface area contributed by atoms with Gasteiger partial charge >= 0.3 is 0 Å². The number of hydrogen-bond acceptors (Lipinski definition) is 6. The molecule has 2 aromatic rings. The van der Waals surface area contributed by atoms with Crippen molar-refractivity contribution in [1.29, 1.82) is 0 Å². The molecule has 3 rings (SSSR count). The smallest absolute Gasteiger partial charge is 0.266 e. The average Bonchev–Trinajstić information content (AvgIpc) is 3.08. The lowest BCUT2D eigenvalue weighted by Crippen LogP contribution is -2.40. The summed E-state index contributed by atoms with van der Waals surface area (Å²) in [6.07, 6.45) is 2.43. The van der Waals surface area contributed by atoms with Crippen LogP contribution < -0.4 is 11.1 Å². The fraction of sp³-hybridized carbons (Fsp3) is 0.562. The minimum atomic E-state index is -0.471. The molecule has 25 heavy (non-hydrogen) atoms. The number of H-pyrrole nitrogens is 2. The van der Waals surface area contributed by atoms with Crippen molar-refractivity contribution in [2.75, 3.05) is 6.54 Å². The third kappa shape index (κ3) is 3.70. The minimum absolute atomic E-state index is 0.138. The van der Waals surface area contributed by atoms with Gasteiger partial charge in [-0.05, 0) is 19.3 Å². The maximum Gasteiger partial charge on any atom is 0.266 e. The Kier molecular flexibility index (Phi) is 4.82. The lowest BCUT2D eigenvalue weighted by Gasteiger charge is -2.33. The van der Waals surface area contributed by atoms with E-state index in [2.05, 4.69) is 20.3 Å². The van der Waals surface area contributed by atoms with Crippen molar-refractivity contribution in [3.8, 4) is 0 Å². The zero-order valence-corrected chi connectivity index (χ0v) is 14.2. The topological polar surface area (TPSA) is 125 Å². The summed E-state index contributed by atoms with van der Waals surface area (Å²) >= 11 is 0. The van der Waals surface area contributed by atoms with Crippen LogP contribution in [0.3, 0.4) is 0 Å². The third-order valence-corrected chi connectivity index (χ3v) is 4.32. The Bertz CT molecular complexity index is 866. The molecule has 0 aromatic carbocycles. The number of piperidine rings is 1. The maximum absolute atomic E-state index is 12.7. The molecule has 1 aliphatic heterocycles. The van der Waals surface area contributed by atoms with E-state index < -0.39 is 11.1 Å². The van der Waals surface area contributed by atoms with Gasteiger partial charge in [0.25, 0.3) is 11.1 Å². The standard InChI is InChI=1S/C16H21N5O4/c1-9(2)14-17-16(25-20-14)11-5-3-4-6-21(11)13(23)8-10-7-12(22)18-19-15(10)24/h7,9,11H,3-6,8H2,1-2H3,(H,18,22)(H,19,24)/t11-/m1/s1. The molecule has 1 aliphatic rings. The van der Waals surface area contributed by atoms with Gasteiger partial charge in [-0.15, -0.1) is 0 Å². The van der Waals surface area contributed by atoms with Crippen LogP contribution in [0, 0.1) is 0 Å². The summed E-state index contributed by atoms with van der Waals surface area (Å²) in [5.41, 5.74) is -0.774. The molecule has 1 saturated heterocycles. The van der Waals surface area contributed by atoms with Crippen LogP contribution in [0.2, 0.25) is 0 Å². The first-order valence-electron chi connectivity index (χ1n) is 8.39. The number of aromatic amines is 2. The Morgan fingerprint density at radius 1 is 1.36 bits per heavy atom. The van der Waals surface area contributed by atoms with E-state index in [9.17, 15) is 14.4 Å². The highest BCUT2D eigenvalue weighted by Crippen LogP contribution is 2.31. The molecule has 2 aromatic heterocycles. The van der Waals surface area contributed by atoms with Crippen LogP contribution in [0.5, 0.6) is 0 Å². The number of carbonyl (C=O) groups is 1. The predicted molar refractivity (Wildman–Crippen MR) is 88.1 cm³/mol. The van der Waals surface area contributed by atoms with Gasteiger partial charge in [0.1, 0.15) is 6.04 Å². The van der Waals surface area contributed by atoms with Crippen molar-refractivity contribution in [2.45, 2.75) is 51.5 Å². The van der Waals surface area contributed by atoms with Crippen LogP contribution in [-0.4, -0.2) is 37.7 Å². The third-order valence-electron chi connectivity index (χ3n) is 4.32. The van der Waals surface area contributed by atoms with Crippen molar-refractivity contribution < 1.29 is 9.32 Å². The fourth-order valence-electron chi connectivity index (χ4n) is 2.96. The van der Waals surface area contributed by atoms with Crippen LogP contribution in [0.25, 0.3) is 0 Å². The molecule has 0 aliphatic carbocycles. The monoisotopic (exact) mass is 347 g/mol. The van der Waals surface area contributed by atoms with Crippen LogP contribution in [0.15, 0.2) is 20.2 Å². The van der Waals surface area contributed by atoms with Gasteiger partial charge in [-0.2, -0.15) is 4.98 Å². The van der Waals surface area contributed by atoms with Crippen molar-refractivity contribution in [2.24, 2.45) is 0 Å². The number of nitrogens with zero attached hydrogens (tertiary/aromatic N) is 3. The summed E-state index contributed by atoms with van der Waals surface area (Å²) in [6, 6.07) is 0.863. The normalized spacial score (nSPS) is 17.9. The molecule has 134 valence electrons. The number of nitrogens with one attached hydrogen (secondary N) is 2. The van der Waals surface area contributed by atoms with Gasteiger partial charge in [0, 0.05) is 24.1 Å². The molecule has 1 amide bonds. The van der Waals surface area contributed by atoms with E-state index in [0.717, 1.165) is 25.3 Å². The quantitative estimate of drug-likeness (QED) is 0.845. The second-order valence-corrected chi connectivity index (χ2v) is 6.53. The highest BCUT2D eigenvalue weighted by atomic mass is 16.5. The first-order chi connectivity index (χ1) is 12.0.